The Morgan fingerprint density at radius 3 is 2.55 bits per heavy atom. The summed E-state index contributed by atoms with van der Waals surface area (Å²) in [4.78, 5) is 13.2. The van der Waals surface area contributed by atoms with Crippen molar-refractivity contribution < 1.29 is 4.92 Å². The highest BCUT2D eigenvalue weighted by atomic mass is 16.6. The fraction of sp³-hybridized carbons (Fsp3) is 0.625. The van der Waals surface area contributed by atoms with Gasteiger partial charge in [0.05, 0.1) is 4.92 Å². The molecule has 0 fully saturated rings. The molecule has 1 unspecified atom stereocenters. The summed E-state index contributed by atoms with van der Waals surface area (Å²) in [7, 11) is 0. The molecule has 0 aliphatic heterocycles. The van der Waals surface area contributed by atoms with Crippen LogP contribution < -0.4 is 0 Å². The molecule has 0 radical (unpaired) electrons. The van der Waals surface area contributed by atoms with E-state index in [0.29, 0.717) is 6.04 Å². The van der Waals surface area contributed by atoms with Crippen LogP contribution in [0.25, 0.3) is 0 Å². The van der Waals surface area contributed by atoms with E-state index >= 15 is 0 Å². The zero-order valence-corrected chi connectivity index (χ0v) is 12.5. The number of hydrogen-bond acceptors (Lipinski definition) is 3. The molecule has 1 atom stereocenters. The monoisotopic (exact) mass is 276 g/mol. The lowest BCUT2D eigenvalue weighted by molar-refractivity contribution is -0.384. The van der Waals surface area contributed by atoms with Crippen LogP contribution in [-0.4, -0.2) is 29.0 Å². The Morgan fingerprint density at radius 1 is 1.25 bits per heavy atom. The fourth-order valence-corrected chi connectivity index (χ4v) is 3.20. The van der Waals surface area contributed by atoms with E-state index in [0.717, 1.165) is 38.8 Å². The average Bonchev–Trinajstić information content (AvgIpc) is 2.45. The van der Waals surface area contributed by atoms with Crippen LogP contribution in [0, 0.1) is 10.1 Å². The maximum atomic E-state index is 10.9. The van der Waals surface area contributed by atoms with Gasteiger partial charge in [0.2, 0.25) is 0 Å². The molecule has 0 aromatic heterocycles. The van der Waals surface area contributed by atoms with Gasteiger partial charge in [0.1, 0.15) is 0 Å². The number of rotatable bonds is 6. The van der Waals surface area contributed by atoms with Crippen molar-refractivity contribution in [2.24, 2.45) is 0 Å². The first-order valence-electron chi connectivity index (χ1n) is 7.66. The van der Waals surface area contributed by atoms with E-state index in [2.05, 4.69) is 18.7 Å². The molecule has 1 aromatic carbocycles. The van der Waals surface area contributed by atoms with E-state index in [1.807, 2.05) is 6.07 Å². The highest BCUT2D eigenvalue weighted by Crippen LogP contribution is 2.28. The third-order valence-electron chi connectivity index (χ3n) is 4.14. The lowest BCUT2D eigenvalue weighted by Gasteiger charge is -2.35. The van der Waals surface area contributed by atoms with Crippen LogP contribution >= 0.6 is 0 Å². The van der Waals surface area contributed by atoms with Crippen LogP contribution in [0.4, 0.5) is 5.69 Å². The molecule has 2 rings (SSSR count). The largest absolute Gasteiger partial charge is 0.300 e. The van der Waals surface area contributed by atoms with Crippen molar-refractivity contribution in [3.63, 3.8) is 0 Å². The lowest BCUT2D eigenvalue weighted by atomic mass is 9.87. The number of non-ortho nitro benzene ring substituents is 1. The van der Waals surface area contributed by atoms with E-state index in [1.165, 1.54) is 17.5 Å². The smallest absolute Gasteiger partial charge is 0.269 e. The Hall–Kier alpha value is -1.42. The second kappa shape index (κ2) is 6.84. The highest BCUT2D eigenvalue weighted by molar-refractivity contribution is 5.41. The maximum Gasteiger partial charge on any atom is 0.269 e. The molecule has 0 saturated heterocycles. The predicted molar refractivity (Wildman–Crippen MR) is 81.1 cm³/mol. The summed E-state index contributed by atoms with van der Waals surface area (Å²) in [5.74, 6) is 0. The van der Waals surface area contributed by atoms with E-state index in [-0.39, 0.29) is 10.6 Å². The van der Waals surface area contributed by atoms with E-state index in [1.54, 1.807) is 12.1 Å². The second-order valence-electron chi connectivity index (χ2n) is 5.64. The van der Waals surface area contributed by atoms with E-state index in [9.17, 15) is 10.1 Å². The summed E-state index contributed by atoms with van der Waals surface area (Å²) in [6, 6.07) is 5.89. The van der Waals surface area contributed by atoms with E-state index in [4.69, 9.17) is 0 Å². The van der Waals surface area contributed by atoms with Gasteiger partial charge in [0.15, 0.2) is 0 Å². The van der Waals surface area contributed by atoms with Crippen LogP contribution in [0.5, 0.6) is 0 Å². The van der Waals surface area contributed by atoms with E-state index < -0.39 is 0 Å². The van der Waals surface area contributed by atoms with Gasteiger partial charge in [-0.2, -0.15) is 0 Å². The number of nitro benzene ring substituents is 1. The molecular formula is C16H24N2O2. The van der Waals surface area contributed by atoms with Gasteiger partial charge < -0.3 is 4.90 Å². The first-order valence-corrected chi connectivity index (χ1v) is 7.66. The number of aryl methyl sites for hydroxylation is 1. The summed E-state index contributed by atoms with van der Waals surface area (Å²) >= 11 is 0. The van der Waals surface area contributed by atoms with Gasteiger partial charge in [-0.25, -0.2) is 0 Å². The van der Waals surface area contributed by atoms with Gasteiger partial charge in [-0.1, -0.05) is 19.9 Å². The highest BCUT2D eigenvalue weighted by Gasteiger charge is 2.24. The Labute approximate surface area is 120 Å². The second-order valence-corrected chi connectivity index (χ2v) is 5.64. The fourth-order valence-electron chi connectivity index (χ4n) is 3.20. The van der Waals surface area contributed by atoms with Gasteiger partial charge in [0, 0.05) is 18.2 Å². The normalized spacial score (nSPS) is 18.1. The zero-order chi connectivity index (χ0) is 14.5. The molecule has 0 bridgehead atoms. The summed E-state index contributed by atoms with van der Waals surface area (Å²) < 4.78 is 0. The van der Waals surface area contributed by atoms with Gasteiger partial charge in [-0.3, -0.25) is 10.1 Å². The van der Waals surface area contributed by atoms with Crippen molar-refractivity contribution in [3.05, 3.63) is 39.4 Å². The molecule has 0 saturated carbocycles. The van der Waals surface area contributed by atoms with Crippen LogP contribution in [-0.2, 0) is 12.8 Å². The molecule has 0 spiro atoms. The molecule has 4 nitrogen and oxygen atoms in total. The minimum Gasteiger partial charge on any atom is -0.300 e. The SMILES string of the molecule is CCCN(CCC)C1CCc2ccc([N+](=O)[O-])cc2C1. The minimum atomic E-state index is -0.292. The minimum absolute atomic E-state index is 0.224. The lowest BCUT2D eigenvalue weighted by Crippen LogP contribution is -2.40. The van der Waals surface area contributed by atoms with Crippen LogP contribution in [0.15, 0.2) is 18.2 Å². The molecule has 1 aromatic rings. The van der Waals surface area contributed by atoms with Gasteiger partial charge in [-0.05, 0) is 56.3 Å². The number of hydrogen-bond donors (Lipinski definition) is 0. The van der Waals surface area contributed by atoms with Gasteiger partial charge >= 0.3 is 0 Å². The molecular weight excluding hydrogens is 252 g/mol. The number of benzene rings is 1. The summed E-state index contributed by atoms with van der Waals surface area (Å²) in [5.41, 5.74) is 2.69. The average molecular weight is 276 g/mol. The molecule has 20 heavy (non-hydrogen) atoms. The molecule has 0 N–H and O–H groups in total. The van der Waals surface area contributed by atoms with Crippen LogP contribution in [0.1, 0.15) is 44.2 Å². The Kier molecular flexibility index (Phi) is 5.12. The number of fused-ring (bicyclic) bond motifs is 1. The van der Waals surface area contributed by atoms with Gasteiger partial charge in [-0.15, -0.1) is 0 Å². The predicted octanol–water partition coefficient (Wildman–Crippen LogP) is 3.57. The van der Waals surface area contributed by atoms with Crippen molar-refractivity contribution in [1.82, 2.24) is 4.90 Å². The molecule has 4 heteroatoms. The topological polar surface area (TPSA) is 46.4 Å². The van der Waals surface area contributed by atoms with Gasteiger partial charge in [0.25, 0.3) is 5.69 Å². The van der Waals surface area contributed by atoms with Crippen LogP contribution in [0.3, 0.4) is 0 Å². The standard InChI is InChI=1S/C16H24N2O2/c1-3-9-17(10-4-2)15-7-5-13-6-8-16(18(19)20)12-14(13)11-15/h6,8,12,15H,3-5,7,9-11H2,1-2H3. The number of nitro groups is 1. The Bertz CT molecular complexity index is 468. The molecule has 0 heterocycles. The molecule has 110 valence electrons. The third-order valence-corrected chi connectivity index (χ3v) is 4.14. The summed E-state index contributed by atoms with van der Waals surface area (Å²) in [6.07, 6.45) is 5.50. The molecule has 1 aliphatic carbocycles. The Balaban J connectivity index is 2.15. The quantitative estimate of drug-likeness (QED) is 0.589. The third kappa shape index (κ3) is 3.37. The van der Waals surface area contributed by atoms with Crippen molar-refractivity contribution in [2.75, 3.05) is 13.1 Å². The van der Waals surface area contributed by atoms with Crippen molar-refractivity contribution in [1.29, 1.82) is 0 Å². The number of nitrogens with zero attached hydrogens (tertiary/aromatic N) is 2. The summed E-state index contributed by atoms with van der Waals surface area (Å²) in [5, 5.41) is 10.9. The first kappa shape index (κ1) is 15.0. The zero-order valence-electron chi connectivity index (χ0n) is 12.5. The molecule has 0 amide bonds. The maximum absolute atomic E-state index is 10.9. The van der Waals surface area contributed by atoms with Crippen LogP contribution in [0.2, 0.25) is 0 Å². The van der Waals surface area contributed by atoms with Crippen molar-refractivity contribution >= 4 is 5.69 Å². The first-order chi connectivity index (χ1) is 9.65. The summed E-state index contributed by atoms with van der Waals surface area (Å²) in [6.45, 7) is 6.68. The van der Waals surface area contributed by atoms with Crippen molar-refractivity contribution in [3.8, 4) is 0 Å². The Morgan fingerprint density at radius 2 is 1.95 bits per heavy atom. The molecule has 1 aliphatic rings. The van der Waals surface area contributed by atoms with Crippen molar-refractivity contribution in [2.45, 2.75) is 52.0 Å².